The molecule has 1 fully saturated rings. The molecule has 2 N–H and O–H groups in total. The summed E-state index contributed by atoms with van der Waals surface area (Å²) in [7, 11) is -2.72. The van der Waals surface area contributed by atoms with Crippen LogP contribution in [-0.2, 0) is 48.9 Å². The predicted octanol–water partition coefficient (Wildman–Crippen LogP) is 31.7. The number of aliphatic hydroxyl groups is 1. The Morgan fingerprint density at radius 3 is 1.31 bits per heavy atom. The molecular formula is C79H84B2Br4Cl9F3I2N5O11S2Si. The summed E-state index contributed by atoms with van der Waals surface area (Å²) in [4.78, 5) is 11.4. The van der Waals surface area contributed by atoms with Gasteiger partial charge in [0.25, 0.3) is 0 Å². The van der Waals surface area contributed by atoms with Gasteiger partial charge >= 0.3 is 49.5 Å². The van der Waals surface area contributed by atoms with E-state index < -0.39 is 29.0 Å². The van der Waals surface area contributed by atoms with Crippen molar-refractivity contribution in [2.45, 2.75) is 161 Å². The van der Waals surface area contributed by atoms with E-state index >= 15 is 0 Å². The molecule has 6 aromatic carbocycles. The van der Waals surface area contributed by atoms with Gasteiger partial charge in [-0.3, -0.25) is 0 Å². The van der Waals surface area contributed by atoms with E-state index in [-0.39, 0.29) is 25.8 Å². The number of halogens is 18. The van der Waals surface area contributed by atoms with Crippen LogP contribution in [0.1, 0.15) is 174 Å². The van der Waals surface area contributed by atoms with Gasteiger partial charge in [-0.05, 0) is 178 Å². The van der Waals surface area contributed by atoms with Crippen molar-refractivity contribution in [3.63, 3.8) is 0 Å². The molecule has 0 bridgehead atoms. The molecule has 2 unspecified atom stereocenters. The van der Waals surface area contributed by atoms with Crippen LogP contribution < -0.4 is 0 Å². The molecule has 39 heteroatoms. The first-order chi connectivity index (χ1) is 55.0. The summed E-state index contributed by atoms with van der Waals surface area (Å²) in [6, 6.07) is 34.0. The Bertz CT molecular complexity index is 4950. The number of aromatic nitrogens is 4. The standard InChI is InChI=1S/C17H15ClO3.C14H14BrCl2NO.C14H15Cl2NO.C14H13Cl2NO.C13H11Cl2NO2.C7H15F3O3SSi.BBr3.BHNS.I2/c1-21-17(20)11-4-2-10(3-5-11)14-9-15(14)13-7-6-12(19)8-16(13)18;1-4-8-12(18-19-13(8)14(2,3)15)11-9(16)6-5-7-10(11)17;2*1-4-9-13(17-18-14(9)8(2)3)12-10(15)6-5-7-11(12)16;1-7(2)13-8(6-17)12(16-18-13)11-9(14)4-3-5-10(11)15;1-6(2,3)15(4,5)13-14(11,12)7(8,9)10;2-1(3)4;1-2-3;1-2/h2-8,14-15,19H,9H2,1H3;5-7H,4H2,1-3H3;5-8H,4H2,1-3H3;5-7H,2,4H2,1,3H3;3-5,17H,1,6H2,2H3;1-5H3;;3H;. The van der Waals surface area contributed by atoms with E-state index in [4.69, 9.17) is 123 Å². The zero-order valence-corrected chi connectivity index (χ0v) is 86.4. The number of benzene rings is 6. The van der Waals surface area contributed by atoms with Crippen molar-refractivity contribution < 1.29 is 63.3 Å². The number of allylic oxidation sites excluding steroid dienone is 2. The van der Waals surface area contributed by atoms with Crippen LogP contribution in [0.5, 0.6) is 5.75 Å². The quantitative estimate of drug-likeness (QED) is 0.0192. The number of carbonyl (C=O) groups excluding carboxylic acids is 1. The van der Waals surface area contributed by atoms with Gasteiger partial charge in [0.15, 0.2) is 17.3 Å². The number of hydrogen-bond donors (Lipinski definition) is 3. The van der Waals surface area contributed by atoms with Crippen LogP contribution in [0.2, 0.25) is 63.3 Å². The Morgan fingerprint density at radius 2 is 0.983 bits per heavy atom. The maximum absolute atomic E-state index is 12.1. The number of aromatic hydroxyl groups is 1. The fourth-order valence-electron chi connectivity index (χ4n) is 10.8. The van der Waals surface area contributed by atoms with Crippen LogP contribution in [0.15, 0.2) is 151 Å². The first-order valence-electron chi connectivity index (χ1n) is 35.1. The van der Waals surface area contributed by atoms with E-state index in [1.165, 1.54) is 25.8 Å². The summed E-state index contributed by atoms with van der Waals surface area (Å²) >= 11 is 76.0. The van der Waals surface area contributed by atoms with E-state index in [0.717, 1.165) is 87.5 Å². The van der Waals surface area contributed by atoms with Gasteiger partial charge in [0.2, 0.25) is 8.32 Å². The molecule has 639 valence electrons. The first-order valence-corrected chi connectivity index (χ1v) is 53.1. The van der Waals surface area contributed by atoms with Gasteiger partial charge in [-0.2, -0.15) is 21.6 Å². The Morgan fingerprint density at radius 1 is 0.636 bits per heavy atom. The van der Waals surface area contributed by atoms with Gasteiger partial charge in [-0.25, -0.2) is 4.79 Å². The number of ether oxygens (including phenoxy) is 1. The summed E-state index contributed by atoms with van der Waals surface area (Å²) < 4.78 is 91.0. The molecule has 2 atom stereocenters. The molecule has 0 amide bonds. The van der Waals surface area contributed by atoms with Gasteiger partial charge in [0.1, 0.15) is 34.3 Å². The third-order valence-corrected chi connectivity index (χ3v) is 27.3. The molecule has 0 aliphatic heterocycles. The molecule has 4 heterocycles. The topological polar surface area (TPSA) is 227 Å². The number of alkyl halides is 4. The van der Waals surface area contributed by atoms with Gasteiger partial charge in [0, 0.05) is 87.1 Å². The number of aliphatic hydroxyl groups excluding tert-OH is 1. The van der Waals surface area contributed by atoms with Crippen molar-refractivity contribution >= 4 is 264 Å². The molecular weight excluding hydrogens is 2260 g/mol. The maximum atomic E-state index is 12.1. The average Bonchev–Trinajstić information content (AvgIpc) is 1.62. The molecule has 1 radical (unpaired) electrons. The molecule has 1 aliphatic rings. The first kappa shape index (κ1) is 109. The number of rotatable bonds is 17. The fraction of sp³-hybridized carbons (Fsp3) is 0.329. The minimum atomic E-state index is -5.48. The average molecular weight is 2340 g/mol. The number of phenolic OH excluding ortho intramolecular Hbond substituents is 1. The van der Waals surface area contributed by atoms with Crippen molar-refractivity contribution in [2.75, 3.05) is 7.11 Å². The number of esters is 1. The molecule has 11 rings (SSSR count). The molecule has 16 nitrogen and oxygen atoms in total. The number of hydrogen-bond acceptors (Lipinski definition) is 17. The minimum absolute atomic E-state index is 0.184. The Hall–Kier alpha value is -2.94. The third-order valence-electron chi connectivity index (χ3n) is 17.4. The second-order valence-electron chi connectivity index (χ2n) is 27.6. The van der Waals surface area contributed by atoms with Crippen LogP contribution in [0.4, 0.5) is 13.2 Å². The Balaban J connectivity index is 0.000000359. The Kier molecular flexibility index (Phi) is 46.7. The number of methoxy groups -OCH3 is 1. The van der Waals surface area contributed by atoms with Crippen LogP contribution in [0.3, 0.4) is 0 Å². The van der Waals surface area contributed by atoms with Gasteiger partial charge in [-0.15, -0.1) is 47.3 Å². The van der Waals surface area contributed by atoms with Gasteiger partial charge < -0.3 is 36.9 Å². The van der Waals surface area contributed by atoms with Crippen LogP contribution >= 0.6 is 218 Å². The number of nitrogens with zero attached hydrogens (tertiary/aromatic N) is 5. The molecule has 4 aromatic heterocycles. The second kappa shape index (κ2) is 50.4. The van der Waals surface area contributed by atoms with E-state index in [9.17, 15) is 36.6 Å². The SMILES string of the molecule is BrB(Br)Br.C=C(C)c1onc(-c2c(Cl)cccc2Cl)c1CC.C=C(C)c1onc(-c2c(Cl)cccc2Cl)c1CO.CC(C)(C)[Si](C)(C)OS(=O)(=O)C(F)(F)F.CCc1c(-c2c(Cl)cccc2Cl)noc1C(C)(C)Br.CCc1c(-c2c(Cl)cccc2Cl)noc1C(C)C.COC(=O)c1ccc(C2CC2c2ccc(O)cc2Cl)cc1.II.[B]=NS. The zero-order chi connectivity index (χ0) is 90.0. The fourth-order valence-corrected chi connectivity index (χ4v) is 17.3. The van der Waals surface area contributed by atoms with E-state index in [2.05, 4.69) is 195 Å². The van der Waals surface area contributed by atoms with E-state index in [1.54, 1.807) is 100 Å². The van der Waals surface area contributed by atoms with Crippen LogP contribution in [0, 0.1) is 0 Å². The molecule has 0 saturated heterocycles. The molecule has 1 saturated carbocycles. The summed E-state index contributed by atoms with van der Waals surface area (Å²) in [6.07, 6.45) is 3.45. The number of carbonyl (C=O) groups is 1. The van der Waals surface area contributed by atoms with Crippen molar-refractivity contribution in [3.8, 4) is 50.8 Å². The predicted molar refractivity (Wildman–Crippen MR) is 519 cm³/mol. The molecule has 0 spiro atoms. The van der Waals surface area contributed by atoms with Crippen molar-refractivity contribution in [2.24, 2.45) is 4.30 Å². The van der Waals surface area contributed by atoms with Crippen LogP contribution in [0.25, 0.3) is 56.2 Å². The molecule has 118 heavy (non-hydrogen) atoms. The number of phenols is 1. The van der Waals surface area contributed by atoms with Crippen molar-refractivity contribution in [1.29, 1.82) is 0 Å². The van der Waals surface area contributed by atoms with E-state index in [1.807, 2.05) is 70.2 Å². The molecule has 1 aliphatic carbocycles. The Labute approximate surface area is 797 Å². The summed E-state index contributed by atoms with van der Waals surface area (Å²) in [5.74, 6) is 3.83. The second-order valence-corrected chi connectivity index (χ2v) is 46.4. The van der Waals surface area contributed by atoms with Crippen LogP contribution in [-0.4, -0.2) is 77.0 Å². The number of thiol groups is 1. The van der Waals surface area contributed by atoms with E-state index in [0.29, 0.717) is 114 Å². The third kappa shape index (κ3) is 31.0. The molecule has 10 aromatic rings. The summed E-state index contributed by atoms with van der Waals surface area (Å²) in [6.45, 7) is 33.3. The normalized spacial score (nSPS) is 12.8. The van der Waals surface area contributed by atoms with Gasteiger partial charge in [0.05, 0.1) is 69.3 Å². The van der Waals surface area contributed by atoms with Gasteiger partial charge in [-0.1, -0.05) is 252 Å². The summed E-state index contributed by atoms with van der Waals surface area (Å²) in [5, 5.41) is 39.6. The van der Waals surface area contributed by atoms with Crippen molar-refractivity contribution in [1.82, 2.24) is 20.6 Å². The monoisotopic (exact) mass is 2330 g/mol. The summed E-state index contributed by atoms with van der Waals surface area (Å²) in [5.41, 5.74) is 8.02. The zero-order valence-electron chi connectivity index (χ0n) is 66.3. The van der Waals surface area contributed by atoms with Crippen molar-refractivity contribution in [3.05, 3.63) is 236 Å².